The van der Waals surface area contributed by atoms with E-state index in [1.807, 2.05) is 0 Å². The standard InChI is InChI=1S/C9H8FNO/c10-8(9(11)12)6-7-4-2-1-3-5-7/h1-6H,(H2,11,12). The maximum Gasteiger partial charge on any atom is 0.277 e. The Labute approximate surface area is 69.5 Å². The first-order valence-corrected chi connectivity index (χ1v) is 3.42. The molecule has 0 aliphatic carbocycles. The van der Waals surface area contributed by atoms with Crippen LogP contribution in [0.5, 0.6) is 0 Å². The van der Waals surface area contributed by atoms with Crippen LogP contribution in [0.4, 0.5) is 4.39 Å². The molecule has 0 saturated heterocycles. The summed E-state index contributed by atoms with van der Waals surface area (Å²) in [6.07, 6.45) is 1.10. The molecule has 62 valence electrons. The third-order valence-corrected chi connectivity index (χ3v) is 1.33. The van der Waals surface area contributed by atoms with Crippen LogP contribution in [0.2, 0.25) is 0 Å². The van der Waals surface area contributed by atoms with Gasteiger partial charge in [0.05, 0.1) is 0 Å². The fourth-order valence-electron chi connectivity index (χ4n) is 0.767. The van der Waals surface area contributed by atoms with Gasteiger partial charge < -0.3 is 5.73 Å². The molecule has 1 rings (SSSR count). The lowest BCUT2D eigenvalue weighted by atomic mass is 10.2. The molecule has 2 N–H and O–H groups in total. The van der Waals surface area contributed by atoms with Gasteiger partial charge in [-0.05, 0) is 11.6 Å². The third kappa shape index (κ3) is 2.20. The highest BCUT2D eigenvalue weighted by Crippen LogP contribution is 2.06. The summed E-state index contributed by atoms with van der Waals surface area (Å²) in [6.45, 7) is 0. The summed E-state index contributed by atoms with van der Waals surface area (Å²) in [5.74, 6) is -1.97. The molecule has 0 aliphatic rings. The first-order valence-electron chi connectivity index (χ1n) is 3.42. The molecule has 1 aromatic carbocycles. The summed E-state index contributed by atoms with van der Waals surface area (Å²) in [6, 6.07) is 8.67. The van der Waals surface area contributed by atoms with E-state index in [4.69, 9.17) is 5.73 Å². The van der Waals surface area contributed by atoms with Gasteiger partial charge in [0.2, 0.25) is 0 Å². The van der Waals surface area contributed by atoms with Crippen LogP contribution in [0.1, 0.15) is 5.56 Å². The minimum Gasteiger partial charge on any atom is -0.364 e. The fourth-order valence-corrected chi connectivity index (χ4v) is 0.767. The summed E-state index contributed by atoms with van der Waals surface area (Å²) in [7, 11) is 0. The number of rotatable bonds is 2. The van der Waals surface area contributed by atoms with Gasteiger partial charge in [-0.3, -0.25) is 4.79 Å². The molecule has 0 saturated carbocycles. The molecular formula is C9H8FNO. The van der Waals surface area contributed by atoms with Crippen LogP contribution in [0.25, 0.3) is 6.08 Å². The van der Waals surface area contributed by atoms with Crippen LogP contribution in [0.3, 0.4) is 0 Å². The SMILES string of the molecule is NC(=O)C(F)=Cc1ccccc1. The van der Waals surface area contributed by atoms with Gasteiger partial charge in [-0.2, -0.15) is 0 Å². The topological polar surface area (TPSA) is 43.1 Å². The Hall–Kier alpha value is -1.64. The van der Waals surface area contributed by atoms with Crippen molar-refractivity contribution in [3.05, 3.63) is 41.7 Å². The van der Waals surface area contributed by atoms with Crippen molar-refractivity contribution in [3.8, 4) is 0 Å². The molecule has 0 heterocycles. The molecule has 12 heavy (non-hydrogen) atoms. The zero-order chi connectivity index (χ0) is 8.97. The van der Waals surface area contributed by atoms with E-state index in [0.717, 1.165) is 6.08 Å². The Morgan fingerprint density at radius 2 is 1.92 bits per heavy atom. The van der Waals surface area contributed by atoms with Crippen molar-refractivity contribution in [1.82, 2.24) is 0 Å². The first-order chi connectivity index (χ1) is 5.70. The molecular weight excluding hydrogens is 157 g/mol. The molecule has 0 spiro atoms. The van der Waals surface area contributed by atoms with E-state index < -0.39 is 11.7 Å². The van der Waals surface area contributed by atoms with E-state index >= 15 is 0 Å². The van der Waals surface area contributed by atoms with Gasteiger partial charge >= 0.3 is 0 Å². The first kappa shape index (κ1) is 8.46. The fraction of sp³-hybridized carbons (Fsp3) is 0. The number of carbonyl (C=O) groups is 1. The van der Waals surface area contributed by atoms with Gasteiger partial charge in [-0.15, -0.1) is 0 Å². The molecule has 0 bridgehead atoms. The highest BCUT2D eigenvalue weighted by Gasteiger charge is 2.00. The lowest BCUT2D eigenvalue weighted by Gasteiger charge is -1.91. The molecule has 0 aromatic heterocycles. The maximum atomic E-state index is 12.6. The molecule has 2 nitrogen and oxygen atoms in total. The smallest absolute Gasteiger partial charge is 0.277 e. The maximum absolute atomic E-state index is 12.6. The average molecular weight is 165 g/mol. The van der Waals surface area contributed by atoms with Crippen molar-refractivity contribution in [2.45, 2.75) is 0 Å². The van der Waals surface area contributed by atoms with Crippen LogP contribution in [0, 0.1) is 0 Å². The number of nitrogens with two attached hydrogens (primary N) is 1. The molecule has 0 atom stereocenters. The summed E-state index contributed by atoms with van der Waals surface area (Å²) >= 11 is 0. The van der Waals surface area contributed by atoms with Gasteiger partial charge in [-0.25, -0.2) is 4.39 Å². The normalized spacial score (nSPS) is 11.2. The van der Waals surface area contributed by atoms with Crippen molar-refractivity contribution in [1.29, 1.82) is 0 Å². The Balaban J connectivity index is 2.89. The predicted molar refractivity (Wildman–Crippen MR) is 44.7 cm³/mol. The van der Waals surface area contributed by atoms with E-state index in [1.165, 1.54) is 0 Å². The highest BCUT2D eigenvalue weighted by atomic mass is 19.1. The van der Waals surface area contributed by atoms with Crippen molar-refractivity contribution >= 4 is 12.0 Å². The van der Waals surface area contributed by atoms with E-state index in [2.05, 4.69) is 0 Å². The number of hydrogen-bond acceptors (Lipinski definition) is 1. The van der Waals surface area contributed by atoms with Crippen molar-refractivity contribution < 1.29 is 9.18 Å². The molecule has 1 amide bonds. The van der Waals surface area contributed by atoms with E-state index in [1.54, 1.807) is 30.3 Å². The molecule has 0 fully saturated rings. The number of primary amides is 1. The number of halogens is 1. The molecule has 1 aromatic rings. The quantitative estimate of drug-likeness (QED) is 0.663. The second-order valence-corrected chi connectivity index (χ2v) is 2.27. The van der Waals surface area contributed by atoms with Crippen LogP contribution in [-0.2, 0) is 4.79 Å². The van der Waals surface area contributed by atoms with Crippen molar-refractivity contribution in [2.24, 2.45) is 5.73 Å². The lowest BCUT2D eigenvalue weighted by molar-refractivity contribution is -0.115. The number of benzene rings is 1. The Morgan fingerprint density at radius 3 is 2.42 bits per heavy atom. The summed E-state index contributed by atoms with van der Waals surface area (Å²) < 4.78 is 12.6. The van der Waals surface area contributed by atoms with Gasteiger partial charge in [0.25, 0.3) is 5.91 Å². The zero-order valence-electron chi connectivity index (χ0n) is 6.33. The molecule has 3 heteroatoms. The van der Waals surface area contributed by atoms with Gasteiger partial charge in [0.1, 0.15) is 0 Å². The number of amides is 1. The van der Waals surface area contributed by atoms with Crippen LogP contribution >= 0.6 is 0 Å². The van der Waals surface area contributed by atoms with Gasteiger partial charge in [0, 0.05) is 0 Å². The van der Waals surface area contributed by atoms with Gasteiger partial charge in [0.15, 0.2) is 5.83 Å². The largest absolute Gasteiger partial charge is 0.364 e. The van der Waals surface area contributed by atoms with E-state index in [0.29, 0.717) is 5.56 Å². The van der Waals surface area contributed by atoms with Crippen LogP contribution in [-0.4, -0.2) is 5.91 Å². The predicted octanol–water partition coefficient (Wildman–Crippen LogP) is 1.48. The molecule has 0 unspecified atom stereocenters. The van der Waals surface area contributed by atoms with Crippen LogP contribution in [0.15, 0.2) is 36.2 Å². The second kappa shape index (κ2) is 3.67. The third-order valence-electron chi connectivity index (χ3n) is 1.33. The average Bonchev–Trinajstić information content (AvgIpc) is 2.06. The second-order valence-electron chi connectivity index (χ2n) is 2.27. The minimum atomic E-state index is -1.04. The van der Waals surface area contributed by atoms with Gasteiger partial charge in [-0.1, -0.05) is 30.3 Å². The van der Waals surface area contributed by atoms with E-state index in [-0.39, 0.29) is 0 Å². The Kier molecular flexibility index (Phi) is 2.58. The summed E-state index contributed by atoms with van der Waals surface area (Å²) in [5, 5.41) is 0. The number of hydrogen-bond donors (Lipinski definition) is 1. The summed E-state index contributed by atoms with van der Waals surface area (Å²) in [5.41, 5.74) is 5.32. The van der Waals surface area contributed by atoms with E-state index in [9.17, 15) is 9.18 Å². The van der Waals surface area contributed by atoms with Crippen LogP contribution < -0.4 is 5.73 Å². The Morgan fingerprint density at radius 1 is 1.33 bits per heavy atom. The summed E-state index contributed by atoms with van der Waals surface area (Å²) in [4.78, 5) is 10.3. The number of carbonyl (C=O) groups excluding carboxylic acids is 1. The molecule has 0 aliphatic heterocycles. The highest BCUT2D eigenvalue weighted by molar-refractivity contribution is 5.94. The van der Waals surface area contributed by atoms with Crippen molar-refractivity contribution in [2.75, 3.05) is 0 Å². The lowest BCUT2D eigenvalue weighted by Crippen LogP contribution is -2.10. The van der Waals surface area contributed by atoms with Crippen molar-refractivity contribution in [3.63, 3.8) is 0 Å². The molecule has 0 radical (unpaired) electrons. The monoisotopic (exact) mass is 165 g/mol. The minimum absolute atomic E-state index is 0.619. The Bertz CT molecular complexity index is 306. The zero-order valence-corrected chi connectivity index (χ0v) is 6.33.